The Morgan fingerprint density at radius 3 is 1.92 bits per heavy atom. The maximum atomic E-state index is 4.59. The van der Waals surface area contributed by atoms with E-state index in [1.807, 2.05) is 23.7 Å². The zero-order valence-electron chi connectivity index (χ0n) is 20.0. The fraction of sp³-hybridized carbons (Fsp3) is 0. The average Bonchev–Trinajstić information content (AvgIpc) is 3.33. The summed E-state index contributed by atoms with van der Waals surface area (Å²) in [5.41, 5.74) is 4.98. The molecule has 0 unspecified atom stereocenters. The van der Waals surface area contributed by atoms with E-state index in [9.17, 15) is 0 Å². The molecule has 8 aromatic rings. The molecule has 0 aliphatic carbocycles. The van der Waals surface area contributed by atoms with Crippen molar-refractivity contribution in [3.63, 3.8) is 0 Å². The Kier molecular flexibility index (Phi) is 4.46. The van der Waals surface area contributed by atoms with Crippen LogP contribution in [0.5, 0.6) is 0 Å². The van der Waals surface area contributed by atoms with Crippen molar-refractivity contribution in [3.05, 3.63) is 128 Å². The summed E-state index contributed by atoms with van der Waals surface area (Å²) >= 11 is 1.86. The van der Waals surface area contributed by atoms with Crippen molar-refractivity contribution in [1.82, 2.24) is 4.98 Å². The third-order valence-electron chi connectivity index (χ3n) is 7.53. The lowest BCUT2D eigenvalue weighted by molar-refractivity contribution is 1.37. The topological polar surface area (TPSA) is 12.9 Å². The molecule has 2 heterocycles. The number of fused-ring (bicyclic) bond motifs is 6. The summed E-state index contributed by atoms with van der Waals surface area (Å²) < 4.78 is 2.65. The van der Waals surface area contributed by atoms with Gasteiger partial charge in [0.1, 0.15) is 0 Å². The molecule has 1 nitrogen and oxygen atoms in total. The van der Waals surface area contributed by atoms with Crippen molar-refractivity contribution in [1.29, 1.82) is 0 Å². The Morgan fingerprint density at radius 2 is 1.05 bits per heavy atom. The average molecular weight is 488 g/mol. The Labute approximate surface area is 218 Å². The molecule has 0 saturated heterocycles. The van der Waals surface area contributed by atoms with E-state index in [1.165, 1.54) is 74.7 Å². The van der Waals surface area contributed by atoms with Crippen LogP contribution >= 0.6 is 11.3 Å². The minimum atomic E-state index is 1.18. The maximum absolute atomic E-state index is 4.59. The minimum Gasteiger partial charge on any atom is -0.264 e. The van der Waals surface area contributed by atoms with Gasteiger partial charge < -0.3 is 0 Å². The summed E-state index contributed by atoms with van der Waals surface area (Å²) in [6, 6.07) is 42.0. The summed E-state index contributed by atoms with van der Waals surface area (Å²) in [5, 5.41) is 10.1. The number of hydrogen-bond donors (Lipinski definition) is 0. The highest BCUT2D eigenvalue weighted by Gasteiger charge is 2.17. The number of hydrogen-bond acceptors (Lipinski definition) is 2. The summed E-state index contributed by atoms with van der Waals surface area (Å²) in [6.07, 6.45) is 3.96. The highest BCUT2D eigenvalue weighted by Crippen LogP contribution is 2.45. The largest absolute Gasteiger partial charge is 0.264 e. The lowest BCUT2D eigenvalue weighted by Crippen LogP contribution is -1.91. The van der Waals surface area contributed by atoms with Crippen LogP contribution in [-0.4, -0.2) is 4.98 Å². The first-order chi connectivity index (χ1) is 18.3. The van der Waals surface area contributed by atoms with E-state index in [1.54, 1.807) is 0 Å². The predicted molar refractivity (Wildman–Crippen MR) is 161 cm³/mol. The van der Waals surface area contributed by atoms with Gasteiger partial charge in [-0.15, -0.1) is 11.3 Å². The molecule has 6 aromatic carbocycles. The summed E-state index contributed by atoms with van der Waals surface area (Å²) in [7, 11) is 0. The first-order valence-corrected chi connectivity index (χ1v) is 13.4. The van der Waals surface area contributed by atoms with Gasteiger partial charge in [-0.05, 0) is 79.5 Å². The standard InChI is InChI=1S/C35H21NS/c1-2-8-23-19-24(14-13-22(23)7-1)34-27-10-3-4-11-28(27)35(31-21-36-18-17-29(31)34)25-15-16-33-30(20-25)26-9-5-6-12-32(26)37-33/h1-21H. The molecule has 0 atom stereocenters. The van der Waals surface area contributed by atoms with Gasteiger partial charge in [0, 0.05) is 38.0 Å². The van der Waals surface area contributed by atoms with Crippen LogP contribution in [-0.2, 0) is 0 Å². The van der Waals surface area contributed by atoms with Gasteiger partial charge in [0.05, 0.1) is 0 Å². The lowest BCUT2D eigenvalue weighted by Gasteiger charge is -2.17. The van der Waals surface area contributed by atoms with E-state index in [0.29, 0.717) is 0 Å². The molecule has 0 spiro atoms. The predicted octanol–water partition coefficient (Wildman–Crippen LogP) is 10.2. The van der Waals surface area contributed by atoms with Gasteiger partial charge in [0.2, 0.25) is 0 Å². The molecule has 0 fully saturated rings. The van der Waals surface area contributed by atoms with Crippen molar-refractivity contribution in [2.75, 3.05) is 0 Å². The second-order valence-electron chi connectivity index (χ2n) is 9.59. The Morgan fingerprint density at radius 1 is 0.432 bits per heavy atom. The molecule has 0 amide bonds. The molecule has 172 valence electrons. The quantitative estimate of drug-likeness (QED) is 0.221. The molecule has 2 heteroatoms. The number of nitrogens with zero attached hydrogens (tertiary/aromatic N) is 1. The van der Waals surface area contributed by atoms with Crippen molar-refractivity contribution in [2.45, 2.75) is 0 Å². The van der Waals surface area contributed by atoms with E-state index in [4.69, 9.17) is 0 Å². The van der Waals surface area contributed by atoms with Crippen LogP contribution in [0.25, 0.3) is 74.7 Å². The third-order valence-corrected chi connectivity index (χ3v) is 8.68. The first-order valence-electron chi connectivity index (χ1n) is 12.5. The molecule has 0 bridgehead atoms. The van der Waals surface area contributed by atoms with Crippen LogP contribution in [0.15, 0.2) is 128 Å². The van der Waals surface area contributed by atoms with Gasteiger partial charge in [-0.1, -0.05) is 84.9 Å². The van der Waals surface area contributed by atoms with Gasteiger partial charge in [-0.3, -0.25) is 4.98 Å². The van der Waals surface area contributed by atoms with Crippen LogP contribution in [0.4, 0.5) is 0 Å². The fourth-order valence-corrected chi connectivity index (χ4v) is 6.96. The Bertz CT molecular complexity index is 2090. The van der Waals surface area contributed by atoms with Gasteiger partial charge in [-0.25, -0.2) is 0 Å². The van der Waals surface area contributed by atoms with Crippen LogP contribution in [0.2, 0.25) is 0 Å². The fourth-order valence-electron chi connectivity index (χ4n) is 5.87. The van der Waals surface area contributed by atoms with Crippen molar-refractivity contribution in [3.8, 4) is 22.3 Å². The molecule has 0 aliphatic rings. The van der Waals surface area contributed by atoms with Crippen LogP contribution < -0.4 is 0 Å². The second-order valence-corrected chi connectivity index (χ2v) is 10.7. The zero-order chi connectivity index (χ0) is 24.3. The molecule has 0 N–H and O–H groups in total. The van der Waals surface area contributed by atoms with E-state index >= 15 is 0 Å². The Balaban J connectivity index is 1.48. The number of rotatable bonds is 2. The number of benzene rings is 6. The number of pyridine rings is 1. The minimum absolute atomic E-state index is 1.18. The molecule has 0 radical (unpaired) electrons. The second kappa shape index (κ2) is 7.99. The third kappa shape index (κ3) is 3.13. The normalized spacial score (nSPS) is 11.8. The van der Waals surface area contributed by atoms with Crippen LogP contribution in [0.3, 0.4) is 0 Å². The summed E-state index contributed by atoms with van der Waals surface area (Å²) in [5.74, 6) is 0. The zero-order valence-corrected chi connectivity index (χ0v) is 20.8. The molecule has 0 aliphatic heterocycles. The molecular weight excluding hydrogens is 466 g/mol. The molecule has 2 aromatic heterocycles. The molecule has 0 saturated carbocycles. The maximum Gasteiger partial charge on any atom is 0.0355 e. The van der Waals surface area contributed by atoms with Gasteiger partial charge in [-0.2, -0.15) is 0 Å². The van der Waals surface area contributed by atoms with Crippen molar-refractivity contribution in [2.24, 2.45) is 0 Å². The van der Waals surface area contributed by atoms with E-state index in [0.717, 1.165) is 0 Å². The van der Waals surface area contributed by atoms with Crippen LogP contribution in [0.1, 0.15) is 0 Å². The van der Waals surface area contributed by atoms with Crippen molar-refractivity contribution >= 4 is 63.8 Å². The van der Waals surface area contributed by atoms with Crippen LogP contribution in [0, 0.1) is 0 Å². The lowest BCUT2D eigenvalue weighted by atomic mass is 9.86. The van der Waals surface area contributed by atoms with Gasteiger partial charge in [0.25, 0.3) is 0 Å². The first kappa shape index (κ1) is 20.6. The van der Waals surface area contributed by atoms with E-state index < -0.39 is 0 Å². The smallest absolute Gasteiger partial charge is 0.0355 e. The van der Waals surface area contributed by atoms with Crippen molar-refractivity contribution < 1.29 is 0 Å². The van der Waals surface area contributed by atoms with Gasteiger partial charge >= 0.3 is 0 Å². The van der Waals surface area contributed by atoms with E-state index in [-0.39, 0.29) is 0 Å². The Hall–Kier alpha value is -4.53. The van der Waals surface area contributed by atoms with E-state index in [2.05, 4.69) is 120 Å². The monoisotopic (exact) mass is 487 g/mol. The summed E-state index contributed by atoms with van der Waals surface area (Å²) in [6.45, 7) is 0. The molecule has 8 rings (SSSR count). The molecular formula is C35H21NS. The van der Waals surface area contributed by atoms with Gasteiger partial charge in [0.15, 0.2) is 0 Å². The summed E-state index contributed by atoms with van der Waals surface area (Å²) in [4.78, 5) is 4.59. The highest BCUT2D eigenvalue weighted by atomic mass is 32.1. The number of aromatic nitrogens is 1. The number of thiophene rings is 1. The highest BCUT2D eigenvalue weighted by molar-refractivity contribution is 7.25. The molecule has 37 heavy (non-hydrogen) atoms. The SMILES string of the molecule is c1ccc2cc(-c3c4ccccc4c(-c4ccc5sc6ccccc6c5c4)c4cnccc34)ccc2c1.